The first-order valence-corrected chi connectivity index (χ1v) is 5.05. The number of pyridine rings is 1. The lowest BCUT2D eigenvalue weighted by Crippen LogP contribution is -2.00. The fourth-order valence-electron chi connectivity index (χ4n) is 1.10. The molecule has 0 aromatic carbocycles. The largest absolute Gasteiger partial charge is 0.477 e. The van der Waals surface area contributed by atoms with Crippen LogP contribution in [-0.2, 0) is 5.88 Å². The molecule has 0 aliphatic heterocycles. The topological polar surface area (TPSA) is 22.1 Å². The SMILES string of the molecule is ClCc1ccnc(OCC2CC2)c1. The highest BCUT2D eigenvalue weighted by molar-refractivity contribution is 6.17. The van der Waals surface area contributed by atoms with E-state index in [2.05, 4.69) is 4.98 Å². The molecule has 2 nitrogen and oxygen atoms in total. The average molecular weight is 198 g/mol. The molecule has 0 radical (unpaired) electrons. The van der Waals surface area contributed by atoms with Gasteiger partial charge in [0.1, 0.15) is 0 Å². The van der Waals surface area contributed by atoms with Crippen molar-refractivity contribution in [3.8, 4) is 5.88 Å². The average Bonchev–Trinajstić information content (AvgIpc) is 2.99. The molecule has 0 spiro atoms. The van der Waals surface area contributed by atoms with Gasteiger partial charge in [-0.3, -0.25) is 0 Å². The van der Waals surface area contributed by atoms with Gasteiger partial charge >= 0.3 is 0 Å². The van der Waals surface area contributed by atoms with Crippen molar-refractivity contribution < 1.29 is 4.74 Å². The molecular formula is C10H12ClNO. The fourth-order valence-corrected chi connectivity index (χ4v) is 1.27. The molecule has 1 aromatic heterocycles. The monoisotopic (exact) mass is 197 g/mol. The first kappa shape index (κ1) is 8.82. The lowest BCUT2D eigenvalue weighted by Gasteiger charge is -2.04. The third-order valence-corrected chi connectivity index (χ3v) is 2.43. The van der Waals surface area contributed by atoms with Gasteiger partial charge in [0, 0.05) is 18.1 Å². The van der Waals surface area contributed by atoms with Crippen molar-refractivity contribution in [2.45, 2.75) is 18.7 Å². The quantitative estimate of drug-likeness (QED) is 0.693. The van der Waals surface area contributed by atoms with Gasteiger partial charge in [-0.2, -0.15) is 0 Å². The van der Waals surface area contributed by atoms with E-state index in [1.54, 1.807) is 6.20 Å². The van der Waals surface area contributed by atoms with Crippen LogP contribution in [0.4, 0.5) is 0 Å². The van der Waals surface area contributed by atoms with Crippen LogP contribution in [-0.4, -0.2) is 11.6 Å². The van der Waals surface area contributed by atoms with E-state index < -0.39 is 0 Å². The number of hydrogen-bond donors (Lipinski definition) is 0. The van der Waals surface area contributed by atoms with E-state index in [9.17, 15) is 0 Å². The highest BCUT2D eigenvalue weighted by atomic mass is 35.5. The van der Waals surface area contributed by atoms with E-state index in [-0.39, 0.29) is 0 Å². The lowest BCUT2D eigenvalue weighted by atomic mass is 10.3. The first-order valence-electron chi connectivity index (χ1n) is 4.52. The number of nitrogens with zero attached hydrogens (tertiary/aromatic N) is 1. The Morgan fingerprint density at radius 2 is 2.38 bits per heavy atom. The highest BCUT2D eigenvalue weighted by Crippen LogP contribution is 2.29. The summed E-state index contributed by atoms with van der Waals surface area (Å²) in [6.07, 6.45) is 4.34. The maximum absolute atomic E-state index is 5.69. The molecule has 1 heterocycles. The summed E-state index contributed by atoms with van der Waals surface area (Å²) in [6.45, 7) is 0.804. The number of ether oxygens (including phenoxy) is 1. The predicted molar refractivity (Wildman–Crippen MR) is 52.0 cm³/mol. The van der Waals surface area contributed by atoms with Crippen LogP contribution in [0.15, 0.2) is 18.3 Å². The molecule has 0 N–H and O–H groups in total. The summed E-state index contributed by atoms with van der Waals surface area (Å²) < 4.78 is 5.50. The zero-order valence-corrected chi connectivity index (χ0v) is 8.13. The van der Waals surface area contributed by atoms with E-state index in [0.29, 0.717) is 11.8 Å². The van der Waals surface area contributed by atoms with Crippen molar-refractivity contribution in [3.05, 3.63) is 23.9 Å². The maximum Gasteiger partial charge on any atom is 0.213 e. The van der Waals surface area contributed by atoms with Gasteiger partial charge in [0.05, 0.1) is 6.61 Å². The smallest absolute Gasteiger partial charge is 0.213 e. The van der Waals surface area contributed by atoms with E-state index in [1.165, 1.54) is 12.8 Å². The van der Waals surface area contributed by atoms with Gasteiger partial charge < -0.3 is 4.74 Å². The Kier molecular flexibility index (Phi) is 2.69. The van der Waals surface area contributed by atoms with Gasteiger partial charge in [-0.05, 0) is 30.4 Å². The molecule has 1 aliphatic carbocycles. The van der Waals surface area contributed by atoms with Gasteiger partial charge in [0.25, 0.3) is 0 Å². The molecular weight excluding hydrogens is 186 g/mol. The highest BCUT2D eigenvalue weighted by Gasteiger charge is 2.21. The lowest BCUT2D eigenvalue weighted by molar-refractivity contribution is 0.288. The minimum Gasteiger partial charge on any atom is -0.477 e. The molecule has 0 atom stereocenters. The van der Waals surface area contributed by atoms with Crippen LogP contribution in [0.1, 0.15) is 18.4 Å². The Morgan fingerprint density at radius 3 is 3.08 bits per heavy atom. The van der Waals surface area contributed by atoms with Crippen molar-refractivity contribution in [1.82, 2.24) is 4.98 Å². The van der Waals surface area contributed by atoms with Crippen LogP contribution in [0.3, 0.4) is 0 Å². The summed E-state index contributed by atoms with van der Waals surface area (Å²) in [4.78, 5) is 4.11. The van der Waals surface area contributed by atoms with Crippen molar-refractivity contribution in [2.24, 2.45) is 5.92 Å². The Labute approximate surface area is 82.9 Å². The molecule has 1 aromatic rings. The minimum atomic E-state index is 0.516. The molecule has 1 fully saturated rings. The molecule has 1 saturated carbocycles. The molecule has 0 bridgehead atoms. The number of hydrogen-bond acceptors (Lipinski definition) is 2. The fraction of sp³-hybridized carbons (Fsp3) is 0.500. The Hall–Kier alpha value is -0.760. The zero-order chi connectivity index (χ0) is 9.10. The van der Waals surface area contributed by atoms with Crippen molar-refractivity contribution in [2.75, 3.05) is 6.61 Å². The molecule has 2 rings (SSSR count). The van der Waals surface area contributed by atoms with Crippen molar-refractivity contribution >= 4 is 11.6 Å². The second kappa shape index (κ2) is 3.97. The first-order chi connectivity index (χ1) is 6.38. The summed E-state index contributed by atoms with van der Waals surface area (Å²) in [6, 6.07) is 3.80. The Bertz CT molecular complexity index is 286. The van der Waals surface area contributed by atoms with Gasteiger partial charge in [0.2, 0.25) is 5.88 Å². The second-order valence-electron chi connectivity index (χ2n) is 3.39. The van der Waals surface area contributed by atoms with E-state index >= 15 is 0 Å². The van der Waals surface area contributed by atoms with Crippen LogP contribution < -0.4 is 4.74 Å². The predicted octanol–water partition coefficient (Wildman–Crippen LogP) is 2.61. The van der Waals surface area contributed by atoms with Crippen LogP contribution in [0.5, 0.6) is 5.88 Å². The van der Waals surface area contributed by atoms with Crippen LogP contribution in [0.25, 0.3) is 0 Å². The van der Waals surface area contributed by atoms with E-state index in [1.807, 2.05) is 12.1 Å². The number of aromatic nitrogens is 1. The number of alkyl halides is 1. The Morgan fingerprint density at radius 1 is 1.54 bits per heavy atom. The van der Waals surface area contributed by atoms with Crippen molar-refractivity contribution in [1.29, 1.82) is 0 Å². The molecule has 1 aliphatic rings. The normalized spacial score (nSPS) is 15.8. The zero-order valence-electron chi connectivity index (χ0n) is 7.37. The number of halogens is 1. The molecule has 3 heteroatoms. The van der Waals surface area contributed by atoms with Crippen molar-refractivity contribution in [3.63, 3.8) is 0 Å². The maximum atomic E-state index is 5.69. The summed E-state index contributed by atoms with van der Waals surface area (Å²) in [5, 5.41) is 0. The molecule has 0 unspecified atom stereocenters. The molecule has 0 amide bonds. The number of rotatable bonds is 4. The van der Waals surface area contributed by atoms with Crippen LogP contribution in [0, 0.1) is 5.92 Å². The Balaban J connectivity index is 1.93. The molecule has 13 heavy (non-hydrogen) atoms. The van der Waals surface area contributed by atoms with Gasteiger partial charge in [-0.15, -0.1) is 11.6 Å². The van der Waals surface area contributed by atoms with Crippen LogP contribution >= 0.6 is 11.6 Å². The van der Waals surface area contributed by atoms with Gasteiger partial charge in [-0.25, -0.2) is 4.98 Å². The summed E-state index contributed by atoms with van der Waals surface area (Å²) in [5.74, 6) is 1.98. The summed E-state index contributed by atoms with van der Waals surface area (Å²) in [5.41, 5.74) is 1.06. The van der Waals surface area contributed by atoms with E-state index in [4.69, 9.17) is 16.3 Å². The molecule has 0 saturated heterocycles. The van der Waals surface area contributed by atoms with Gasteiger partial charge in [-0.1, -0.05) is 0 Å². The van der Waals surface area contributed by atoms with Crippen LogP contribution in [0.2, 0.25) is 0 Å². The third kappa shape index (κ3) is 2.59. The summed E-state index contributed by atoms with van der Waals surface area (Å²) >= 11 is 5.69. The van der Waals surface area contributed by atoms with E-state index in [0.717, 1.165) is 18.1 Å². The minimum absolute atomic E-state index is 0.516. The molecule has 70 valence electrons. The third-order valence-electron chi connectivity index (χ3n) is 2.12. The summed E-state index contributed by atoms with van der Waals surface area (Å²) in [7, 11) is 0. The standard InChI is InChI=1S/C10H12ClNO/c11-6-9-3-4-12-10(5-9)13-7-8-1-2-8/h3-5,8H,1-2,6-7H2. The van der Waals surface area contributed by atoms with Gasteiger partial charge in [0.15, 0.2) is 0 Å². The second-order valence-corrected chi connectivity index (χ2v) is 3.66.